The molecule has 0 heterocycles. The van der Waals surface area contributed by atoms with Crippen LogP contribution in [-0.2, 0) is 18.0 Å². The number of benzene rings is 5. The molecule has 5 aromatic rings. The van der Waals surface area contributed by atoms with Gasteiger partial charge in [-0.1, -0.05) is 88.2 Å². The molecule has 0 aliphatic heterocycles. The van der Waals surface area contributed by atoms with Gasteiger partial charge < -0.3 is 14.8 Å². The number of nitriles is 1. The first kappa shape index (κ1) is 27.7. The van der Waals surface area contributed by atoms with Crippen LogP contribution in [0.4, 0.5) is 5.69 Å². The van der Waals surface area contributed by atoms with E-state index in [9.17, 15) is 10.1 Å². The van der Waals surface area contributed by atoms with Crippen LogP contribution in [0.1, 0.15) is 22.3 Å². The molecule has 5 aromatic carbocycles. The van der Waals surface area contributed by atoms with Crippen molar-refractivity contribution in [3.8, 4) is 17.6 Å². The summed E-state index contributed by atoms with van der Waals surface area (Å²) in [6, 6.07) is 36.8. The molecule has 0 radical (unpaired) electrons. The van der Waals surface area contributed by atoms with Crippen LogP contribution < -0.4 is 14.8 Å². The van der Waals surface area contributed by atoms with E-state index in [1.807, 2.05) is 85.8 Å². The maximum Gasteiger partial charge on any atom is 0.266 e. The fourth-order valence-corrected chi connectivity index (χ4v) is 4.65. The molecule has 0 spiro atoms. The van der Waals surface area contributed by atoms with E-state index in [4.69, 9.17) is 9.47 Å². The third-order valence-electron chi connectivity index (χ3n) is 6.49. The Balaban J connectivity index is 1.33. The molecule has 0 bridgehead atoms. The summed E-state index contributed by atoms with van der Waals surface area (Å²) >= 11 is 3.43. The second-order valence-corrected chi connectivity index (χ2v) is 10.5. The molecule has 5 rings (SSSR count). The number of carbonyl (C=O) groups excluding carboxylic acids is 1. The first-order valence-electron chi connectivity index (χ1n) is 13.1. The molecular formula is C35H27BrN2O3. The zero-order valence-electron chi connectivity index (χ0n) is 22.4. The normalized spacial score (nSPS) is 11.1. The van der Waals surface area contributed by atoms with E-state index in [1.54, 1.807) is 30.3 Å². The Kier molecular flexibility index (Phi) is 8.78. The molecule has 1 amide bonds. The van der Waals surface area contributed by atoms with E-state index in [-0.39, 0.29) is 5.57 Å². The molecular weight excluding hydrogens is 576 g/mol. The predicted molar refractivity (Wildman–Crippen MR) is 167 cm³/mol. The minimum atomic E-state index is -0.506. The van der Waals surface area contributed by atoms with Gasteiger partial charge in [0.25, 0.3) is 5.91 Å². The number of nitrogens with one attached hydrogen (secondary N) is 1. The first-order valence-corrected chi connectivity index (χ1v) is 13.9. The monoisotopic (exact) mass is 602 g/mol. The summed E-state index contributed by atoms with van der Waals surface area (Å²) in [5.74, 6) is 0.764. The van der Waals surface area contributed by atoms with Gasteiger partial charge in [0.05, 0.1) is 0 Å². The first-order chi connectivity index (χ1) is 20.0. The van der Waals surface area contributed by atoms with Crippen LogP contribution in [0.25, 0.3) is 16.8 Å². The number of ether oxygens (including phenoxy) is 2. The van der Waals surface area contributed by atoms with Crippen LogP contribution in [0.5, 0.6) is 11.5 Å². The topological polar surface area (TPSA) is 71.3 Å². The van der Waals surface area contributed by atoms with Crippen molar-refractivity contribution in [2.45, 2.75) is 20.1 Å². The number of fused-ring (bicyclic) bond motifs is 1. The van der Waals surface area contributed by atoms with E-state index < -0.39 is 5.91 Å². The van der Waals surface area contributed by atoms with Crippen molar-refractivity contribution in [1.29, 1.82) is 5.26 Å². The number of nitrogens with zero attached hydrogens (tertiary/aromatic N) is 1. The predicted octanol–water partition coefficient (Wildman–Crippen LogP) is 8.61. The average molecular weight is 604 g/mol. The number of hydrogen-bond acceptors (Lipinski definition) is 4. The van der Waals surface area contributed by atoms with Crippen molar-refractivity contribution in [2.75, 3.05) is 5.32 Å². The molecule has 0 aliphatic rings. The maximum atomic E-state index is 13.2. The summed E-state index contributed by atoms with van der Waals surface area (Å²) in [5, 5.41) is 14.6. The van der Waals surface area contributed by atoms with Crippen LogP contribution in [0.15, 0.2) is 119 Å². The Hall–Kier alpha value is -4.86. The fourth-order valence-electron chi connectivity index (χ4n) is 4.39. The Morgan fingerprint density at radius 2 is 1.61 bits per heavy atom. The lowest BCUT2D eigenvalue weighted by atomic mass is 10.0. The summed E-state index contributed by atoms with van der Waals surface area (Å²) < 4.78 is 13.1. The molecule has 6 heteroatoms. The number of halogens is 1. The minimum absolute atomic E-state index is 0.0303. The Labute approximate surface area is 247 Å². The number of aryl methyl sites for hydroxylation is 1. The molecule has 0 fully saturated rings. The van der Waals surface area contributed by atoms with Crippen molar-refractivity contribution in [3.05, 3.63) is 141 Å². The smallest absolute Gasteiger partial charge is 0.266 e. The summed E-state index contributed by atoms with van der Waals surface area (Å²) in [7, 11) is 0. The van der Waals surface area contributed by atoms with Crippen LogP contribution in [0, 0.1) is 18.3 Å². The van der Waals surface area contributed by atoms with Gasteiger partial charge >= 0.3 is 0 Å². The highest BCUT2D eigenvalue weighted by Crippen LogP contribution is 2.31. The summed E-state index contributed by atoms with van der Waals surface area (Å²) in [6.45, 7) is 2.83. The number of rotatable bonds is 9. The number of hydrogen-bond donors (Lipinski definition) is 1. The highest BCUT2D eigenvalue weighted by molar-refractivity contribution is 9.10. The highest BCUT2D eigenvalue weighted by atomic mass is 79.9. The lowest BCUT2D eigenvalue weighted by Crippen LogP contribution is -2.13. The van der Waals surface area contributed by atoms with E-state index in [2.05, 4.69) is 33.4 Å². The average Bonchev–Trinajstić information content (AvgIpc) is 2.99. The van der Waals surface area contributed by atoms with Crippen molar-refractivity contribution in [2.24, 2.45) is 0 Å². The van der Waals surface area contributed by atoms with E-state index in [0.29, 0.717) is 36.0 Å². The molecule has 41 heavy (non-hydrogen) atoms. The third-order valence-corrected chi connectivity index (χ3v) is 7.02. The van der Waals surface area contributed by atoms with E-state index in [1.165, 1.54) is 0 Å². The van der Waals surface area contributed by atoms with Crippen LogP contribution >= 0.6 is 15.9 Å². The van der Waals surface area contributed by atoms with Gasteiger partial charge in [0.2, 0.25) is 0 Å². The van der Waals surface area contributed by atoms with Gasteiger partial charge in [-0.25, -0.2) is 0 Å². The molecule has 0 atom stereocenters. The molecule has 5 nitrogen and oxygen atoms in total. The second-order valence-electron chi connectivity index (χ2n) is 9.54. The quantitative estimate of drug-likeness (QED) is 0.135. The fraction of sp³-hybridized carbons (Fsp3) is 0.0857. The number of amides is 1. The number of anilines is 1. The molecule has 0 saturated carbocycles. The molecule has 0 aliphatic carbocycles. The van der Waals surface area contributed by atoms with Crippen molar-refractivity contribution in [1.82, 2.24) is 0 Å². The van der Waals surface area contributed by atoms with Gasteiger partial charge in [-0.15, -0.1) is 0 Å². The lowest BCUT2D eigenvalue weighted by Gasteiger charge is -2.13. The van der Waals surface area contributed by atoms with Gasteiger partial charge in [0.15, 0.2) is 0 Å². The van der Waals surface area contributed by atoms with Gasteiger partial charge in [0.1, 0.15) is 36.4 Å². The van der Waals surface area contributed by atoms with Crippen LogP contribution in [0.3, 0.4) is 0 Å². The molecule has 0 unspecified atom stereocenters. The van der Waals surface area contributed by atoms with Crippen LogP contribution in [-0.4, -0.2) is 5.91 Å². The van der Waals surface area contributed by atoms with Gasteiger partial charge in [-0.2, -0.15) is 5.26 Å². The zero-order valence-corrected chi connectivity index (χ0v) is 24.0. The van der Waals surface area contributed by atoms with E-state index >= 15 is 0 Å². The summed E-state index contributed by atoms with van der Waals surface area (Å²) in [4.78, 5) is 13.2. The maximum absolute atomic E-state index is 13.2. The van der Waals surface area contributed by atoms with Gasteiger partial charge in [0, 0.05) is 15.7 Å². The Morgan fingerprint density at radius 3 is 2.37 bits per heavy atom. The Bertz CT molecular complexity index is 1750. The third kappa shape index (κ3) is 7.21. The highest BCUT2D eigenvalue weighted by Gasteiger charge is 2.14. The SMILES string of the molecule is Cc1cccc(COc2ccc3ccccc3c2/C=C(\C#N)C(=O)Nc2ccc(OCc3ccc(Br)cc3)cc2)c1. The van der Waals surface area contributed by atoms with Crippen molar-refractivity contribution >= 4 is 44.4 Å². The van der Waals surface area contributed by atoms with Crippen molar-refractivity contribution < 1.29 is 14.3 Å². The Morgan fingerprint density at radius 1 is 0.854 bits per heavy atom. The van der Waals surface area contributed by atoms with E-state index in [0.717, 1.165) is 31.9 Å². The van der Waals surface area contributed by atoms with Crippen molar-refractivity contribution in [3.63, 3.8) is 0 Å². The minimum Gasteiger partial charge on any atom is -0.489 e. The number of carbonyl (C=O) groups is 1. The molecule has 0 aromatic heterocycles. The largest absolute Gasteiger partial charge is 0.489 e. The van der Waals surface area contributed by atoms with Crippen LogP contribution in [0.2, 0.25) is 0 Å². The second kappa shape index (κ2) is 13.0. The summed E-state index contributed by atoms with van der Waals surface area (Å²) in [6.07, 6.45) is 1.60. The summed E-state index contributed by atoms with van der Waals surface area (Å²) in [5.41, 5.74) is 4.44. The zero-order chi connectivity index (χ0) is 28.6. The van der Waals surface area contributed by atoms with Gasteiger partial charge in [-0.3, -0.25) is 4.79 Å². The molecule has 1 N–H and O–H groups in total. The molecule has 202 valence electrons. The molecule has 0 saturated heterocycles. The standard InChI is InChI=1S/C35H27BrN2O3/c1-24-5-4-6-26(19-24)23-41-34-18-11-27-7-2-3-8-32(27)33(34)20-28(21-37)35(39)38-30-14-16-31(17-15-30)40-22-25-9-12-29(36)13-10-25/h2-20H,22-23H2,1H3,(H,38,39)/b28-20+. The lowest BCUT2D eigenvalue weighted by molar-refractivity contribution is -0.112. The van der Waals surface area contributed by atoms with Gasteiger partial charge in [-0.05, 0) is 77.4 Å².